The Morgan fingerprint density at radius 3 is 2.28 bits per heavy atom. The van der Waals surface area contributed by atoms with Crippen LogP contribution in [0.4, 0.5) is 10.1 Å². The molecule has 4 aromatic rings. The Kier molecular flexibility index (Phi) is 5.01. The van der Waals surface area contributed by atoms with E-state index in [1.165, 1.54) is 53.1 Å². The van der Waals surface area contributed by atoms with Gasteiger partial charge in [-0.1, -0.05) is 15.9 Å². The highest BCUT2D eigenvalue weighted by molar-refractivity contribution is 9.11. The van der Waals surface area contributed by atoms with Crippen molar-refractivity contribution in [3.8, 4) is 17.1 Å². The van der Waals surface area contributed by atoms with Crippen LogP contribution in [-0.2, 0) is 0 Å². The second kappa shape index (κ2) is 7.49. The minimum Gasteiger partial charge on any atom is -0.268 e. The van der Waals surface area contributed by atoms with Gasteiger partial charge in [0.25, 0.3) is 11.2 Å². The molecule has 9 heteroatoms. The number of benzene rings is 3. The third kappa shape index (κ3) is 3.58. The Bertz CT molecular complexity index is 1320. The Labute approximate surface area is 180 Å². The third-order valence-corrected chi connectivity index (χ3v) is 5.37. The van der Waals surface area contributed by atoms with Crippen LogP contribution in [0.2, 0.25) is 0 Å². The number of halogens is 3. The highest BCUT2D eigenvalue weighted by atomic mass is 79.9. The molecule has 0 N–H and O–H groups in total. The summed E-state index contributed by atoms with van der Waals surface area (Å²) in [6.07, 6.45) is 0. The first-order valence-electron chi connectivity index (χ1n) is 8.28. The van der Waals surface area contributed by atoms with E-state index in [1.54, 1.807) is 12.1 Å². The van der Waals surface area contributed by atoms with E-state index in [4.69, 9.17) is 0 Å². The van der Waals surface area contributed by atoms with E-state index in [0.29, 0.717) is 31.1 Å². The summed E-state index contributed by atoms with van der Waals surface area (Å²) in [5.74, 6) is -0.148. The Morgan fingerprint density at radius 1 is 1.00 bits per heavy atom. The lowest BCUT2D eigenvalue weighted by Crippen LogP contribution is -2.22. The molecule has 0 saturated heterocycles. The number of nitro benzene ring substituents is 1. The summed E-state index contributed by atoms with van der Waals surface area (Å²) in [6.45, 7) is 0. The van der Waals surface area contributed by atoms with E-state index in [2.05, 4.69) is 36.8 Å². The predicted octanol–water partition coefficient (Wildman–Crippen LogP) is 5.63. The fraction of sp³-hybridized carbons (Fsp3) is 0. The van der Waals surface area contributed by atoms with Gasteiger partial charge in [-0.3, -0.25) is 19.5 Å². The zero-order valence-electron chi connectivity index (χ0n) is 14.5. The number of rotatable bonds is 3. The molecule has 0 radical (unpaired) electrons. The maximum Gasteiger partial charge on any atom is 0.269 e. The number of hydrogen-bond donors (Lipinski definition) is 0. The molecule has 0 saturated carbocycles. The molecule has 0 aliphatic heterocycles. The van der Waals surface area contributed by atoms with Gasteiger partial charge in [-0.05, 0) is 64.5 Å². The van der Waals surface area contributed by atoms with Crippen molar-refractivity contribution in [1.29, 1.82) is 0 Å². The molecule has 4 rings (SSSR count). The molecule has 1 heterocycles. The zero-order valence-corrected chi connectivity index (χ0v) is 17.6. The highest BCUT2D eigenvalue weighted by Gasteiger charge is 2.17. The number of nitro groups is 1. The number of fused-ring (bicyclic) bond motifs is 1. The lowest BCUT2D eigenvalue weighted by atomic mass is 10.1. The first-order valence-corrected chi connectivity index (χ1v) is 9.86. The standard InChI is InChI=1S/C20H10Br2FN3O3/c21-12-9-16-18(17(22)10-12)24-19(11-1-5-15(6-2-11)26(28)29)25(20(16)27)14-7-3-13(23)4-8-14/h1-10H. The van der Waals surface area contributed by atoms with E-state index in [-0.39, 0.29) is 17.1 Å². The summed E-state index contributed by atoms with van der Waals surface area (Å²) < 4.78 is 16.1. The molecule has 0 fully saturated rings. The Hall–Kier alpha value is -2.91. The molecule has 6 nitrogen and oxygen atoms in total. The molecule has 29 heavy (non-hydrogen) atoms. The molecule has 3 aromatic carbocycles. The van der Waals surface area contributed by atoms with Crippen LogP contribution in [0, 0.1) is 15.9 Å². The lowest BCUT2D eigenvalue weighted by molar-refractivity contribution is -0.384. The van der Waals surface area contributed by atoms with Crippen molar-refractivity contribution in [2.45, 2.75) is 0 Å². The van der Waals surface area contributed by atoms with Crippen LogP contribution < -0.4 is 5.56 Å². The number of aromatic nitrogens is 2. The molecule has 0 amide bonds. The van der Waals surface area contributed by atoms with Crippen LogP contribution in [0.15, 0.2) is 74.4 Å². The second-order valence-electron chi connectivity index (χ2n) is 6.14. The largest absolute Gasteiger partial charge is 0.269 e. The minimum atomic E-state index is -0.501. The Morgan fingerprint density at radius 2 is 1.66 bits per heavy atom. The first-order chi connectivity index (χ1) is 13.8. The molecule has 144 valence electrons. The molecule has 0 bridgehead atoms. The molecule has 0 aliphatic rings. The fourth-order valence-corrected chi connectivity index (χ4v) is 4.28. The monoisotopic (exact) mass is 517 g/mol. The molecular formula is C20H10Br2FN3O3. The average Bonchev–Trinajstić information content (AvgIpc) is 2.69. The normalized spacial score (nSPS) is 11.0. The van der Waals surface area contributed by atoms with Gasteiger partial charge in [-0.15, -0.1) is 0 Å². The summed E-state index contributed by atoms with van der Waals surface area (Å²) in [5, 5.41) is 11.3. The van der Waals surface area contributed by atoms with E-state index >= 15 is 0 Å². The molecule has 0 atom stereocenters. The summed E-state index contributed by atoms with van der Waals surface area (Å²) in [4.78, 5) is 28.5. The van der Waals surface area contributed by atoms with Crippen molar-refractivity contribution in [2.75, 3.05) is 0 Å². The van der Waals surface area contributed by atoms with Gasteiger partial charge in [-0.2, -0.15) is 0 Å². The molecule has 0 aliphatic carbocycles. The summed E-state index contributed by atoms with van der Waals surface area (Å²) in [6, 6.07) is 14.6. The van der Waals surface area contributed by atoms with E-state index < -0.39 is 10.7 Å². The quantitative estimate of drug-likeness (QED) is 0.260. The maximum atomic E-state index is 13.4. The van der Waals surface area contributed by atoms with Crippen molar-refractivity contribution < 1.29 is 9.31 Å². The van der Waals surface area contributed by atoms with Gasteiger partial charge in [0, 0.05) is 26.6 Å². The summed E-state index contributed by atoms with van der Waals surface area (Å²) in [7, 11) is 0. The molecule has 1 aromatic heterocycles. The number of nitrogens with zero attached hydrogens (tertiary/aromatic N) is 3. The molecule has 0 spiro atoms. The maximum absolute atomic E-state index is 13.4. The van der Waals surface area contributed by atoms with Gasteiger partial charge in [-0.25, -0.2) is 9.37 Å². The SMILES string of the molecule is O=c1c2cc(Br)cc(Br)c2nc(-c2ccc([N+](=O)[O-])cc2)n1-c1ccc(F)cc1. The van der Waals surface area contributed by atoms with Gasteiger partial charge >= 0.3 is 0 Å². The average molecular weight is 519 g/mol. The van der Waals surface area contributed by atoms with Gasteiger partial charge in [0.15, 0.2) is 0 Å². The van der Waals surface area contributed by atoms with Crippen molar-refractivity contribution in [3.05, 3.63) is 95.9 Å². The topological polar surface area (TPSA) is 78.0 Å². The van der Waals surface area contributed by atoms with Crippen LogP contribution >= 0.6 is 31.9 Å². The van der Waals surface area contributed by atoms with Crippen molar-refractivity contribution in [1.82, 2.24) is 9.55 Å². The van der Waals surface area contributed by atoms with Crippen molar-refractivity contribution >= 4 is 48.5 Å². The number of non-ortho nitro benzene ring substituents is 1. The molecular weight excluding hydrogens is 509 g/mol. The lowest BCUT2D eigenvalue weighted by Gasteiger charge is -2.15. The second-order valence-corrected chi connectivity index (χ2v) is 7.91. The summed E-state index contributed by atoms with van der Waals surface area (Å²) in [5.41, 5.74) is 0.959. The van der Waals surface area contributed by atoms with Crippen LogP contribution in [0.5, 0.6) is 0 Å². The molecule has 0 unspecified atom stereocenters. The van der Waals surface area contributed by atoms with Gasteiger partial charge in [0.05, 0.1) is 21.5 Å². The minimum absolute atomic E-state index is 0.0738. The van der Waals surface area contributed by atoms with Crippen molar-refractivity contribution in [2.24, 2.45) is 0 Å². The van der Waals surface area contributed by atoms with Gasteiger partial charge < -0.3 is 0 Å². The van der Waals surface area contributed by atoms with E-state index in [9.17, 15) is 19.3 Å². The van der Waals surface area contributed by atoms with E-state index in [0.717, 1.165) is 0 Å². The van der Waals surface area contributed by atoms with E-state index in [1.807, 2.05) is 0 Å². The fourth-order valence-electron chi connectivity index (χ4n) is 2.97. The zero-order chi connectivity index (χ0) is 20.7. The van der Waals surface area contributed by atoms with Gasteiger partial charge in [0.2, 0.25) is 0 Å². The van der Waals surface area contributed by atoms with Crippen molar-refractivity contribution in [3.63, 3.8) is 0 Å². The van der Waals surface area contributed by atoms with Crippen LogP contribution in [-0.4, -0.2) is 14.5 Å². The van der Waals surface area contributed by atoms with Crippen LogP contribution in [0.1, 0.15) is 0 Å². The highest BCUT2D eigenvalue weighted by Crippen LogP contribution is 2.29. The first kappa shape index (κ1) is 19.4. The van der Waals surface area contributed by atoms with Gasteiger partial charge in [0.1, 0.15) is 11.6 Å². The Balaban J connectivity index is 2.08. The third-order valence-electron chi connectivity index (χ3n) is 4.31. The smallest absolute Gasteiger partial charge is 0.268 e. The number of hydrogen-bond acceptors (Lipinski definition) is 4. The van der Waals surface area contributed by atoms with Crippen LogP contribution in [0.3, 0.4) is 0 Å². The van der Waals surface area contributed by atoms with Crippen LogP contribution in [0.25, 0.3) is 28.0 Å². The predicted molar refractivity (Wildman–Crippen MR) is 115 cm³/mol. The summed E-state index contributed by atoms with van der Waals surface area (Å²) >= 11 is 6.80.